The molecule has 240 valence electrons. The second-order valence-electron chi connectivity index (χ2n) is 10.9. The Hall–Kier alpha value is -4.82. The molecule has 1 saturated heterocycles. The number of anilines is 1. The summed E-state index contributed by atoms with van der Waals surface area (Å²) in [6.45, 7) is 3.61. The minimum Gasteiger partial charge on any atom is -0.462 e. The van der Waals surface area contributed by atoms with E-state index in [-0.39, 0.29) is 40.0 Å². The van der Waals surface area contributed by atoms with Crippen molar-refractivity contribution in [3.05, 3.63) is 82.7 Å². The molecule has 1 aromatic heterocycles. The number of nitrogens with zero attached hydrogens (tertiary/aromatic N) is 3. The topological polar surface area (TPSA) is 112 Å². The number of halogens is 4. The van der Waals surface area contributed by atoms with Gasteiger partial charge < -0.3 is 19.5 Å². The fourth-order valence-corrected chi connectivity index (χ4v) is 5.61. The number of carbonyl (C=O) groups excluding carboxylic acids is 2. The maximum absolute atomic E-state index is 15.2. The van der Waals surface area contributed by atoms with Crippen molar-refractivity contribution in [1.82, 2.24) is 14.5 Å². The van der Waals surface area contributed by atoms with Crippen molar-refractivity contribution in [3.63, 3.8) is 0 Å². The highest BCUT2D eigenvalue weighted by Gasteiger charge is 2.54. The van der Waals surface area contributed by atoms with Gasteiger partial charge in [-0.2, -0.15) is 0 Å². The molecule has 3 aromatic carbocycles. The molecule has 6 rings (SSSR count). The van der Waals surface area contributed by atoms with Crippen LogP contribution >= 0.6 is 0 Å². The SMILES string of the molecule is CCOC(=O)c1cccc(-c2ccc3c(=O)n(-c4ccc(OC(F)(F)F)c(NC(=O)C5(N6CCOCC6)CC5)c4)cnc3c2)c1F. The van der Waals surface area contributed by atoms with Gasteiger partial charge in [0, 0.05) is 18.7 Å². The first kappa shape index (κ1) is 31.2. The molecule has 1 amide bonds. The second kappa shape index (κ2) is 12.2. The maximum atomic E-state index is 15.2. The van der Waals surface area contributed by atoms with Crippen LogP contribution in [-0.4, -0.2) is 71.1 Å². The summed E-state index contributed by atoms with van der Waals surface area (Å²) in [6, 6.07) is 12.2. The van der Waals surface area contributed by atoms with Crippen LogP contribution in [0.25, 0.3) is 27.7 Å². The number of ether oxygens (including phenoxy) is 3. The van der Waals surface area contributed by atoms with Crippen molar-refractivity contribution in [1.29, 1.82) is 0 Å². The van der Waals surface area contributed by atoms with Gasteiger partial charge in [-0.1, -0.05) is 18.2 Å². The average molecular weight is 641 g/mol. The monoisotopic (exact) mass is 640 g/mol. The van der Waals surface area contributed by atoms with E-state index in [1.807, 2.05) is 4.90 Å². The van der Waals surface area contributed by atoms with Crippen molar-refractivity contribution in [3.8, 4) is 22.6 Å². The third-order valence-electron chi connectivity index (χ3n) is 8.04. The molecule has 0 spiro atoms. The Morgan fingerprint density at radius 1 is 1.07 bits per heavy atom. The Labute approximate surface area is 259 Å². The molecular formula is C32H28F4N4O6. The molecule has 1 N–H and O–H groups in total. The molecule has 0 radical (unpaired) electrons. The van der Waals surface area contributed by atoms with Crippen molar-refractivity contribution < 1.29 is 41.4 Å². The van der Waals surface area contributed by atoms with E-state index in [0.29, 0.717) is 44.7 Å². The van der Waals surface area contributed by atoms with Gasteiger partial charge in [-0.3, -0.25) is 19.1 Å². The largest absolute Gasteiger partial charge is 0.573 e. The van der Waals surface area contributed by atoms with Gasteiger partial charge in [-0.05, 0) is 61.7 Å². The highest BCUT2D eigenvalue weighted by atomic mass is 19.4. The van der Waals surface area contributed by atoms with Crippen LogP contribution in [0.4, 0.5) is 23.2 Å². The number of benzene rings is 3. The van der Waals surface area contributed by atoms with Gasteiger partial charge in [0.1, 0.15) is 17.7 Å². The molecule has 1 saturated carbocycles. The van der Waals surface area contributed by atoms with E-state index in [4.69, 9.17) is 9.47 Å². The van der Waals surface area contributed by atoms with Gasteiger partial charge in [-0.15, -0.1) is 13.2 Å². The zero-order chi connectivity index (χ0) is 32.6. The second-order valence-corrected chi connectivity index (χ2v) is 10.9. The Morgan fingerprint density at radius 3 is 2.52 bits per heavy atom. The van der Waals surface area contributed by atoms with Crippen LogP contribution in [0.3, 0.4) is 0 Å². The van der Waals surface area contributed by atoms with E-state index in [1.165, 1.54) is 54.9 Å². The van der Waals surface area contributed by atoms with E-state index in [0.717, 1.165) is 10.6 Å². The quantitative estimate of drug-likeness (QED) is 0.210. The minimum absolute atomic E-state index is 0.0792. The Balaban J connectivity index is 1.34. The number of alkyl halides is 3. The predicted octanol–water partition coefficient (Wildman–Crippen LogP) is 5.07. The number of nitrogens with one attached hydrogen (secondary N) is 1. The molecule has 2 aliphatic rings. The smallest absolute Gasteiger partial charge is 0.462 e. The first-order valence-electron chi connectivity index (χ1n) is 14.5. The standard InChI is InChI=1S/C32H28F4N4O6/c1-2-45-29(42)23-5-3-4-21(27(23)33)19-6-8-22-24(16-19)37-18-40(28(22)41)20-7-9-26(46-32(34,35)36)25(17-20)38-30(43)31(10-11-31)39-12-14-44-15-13-39/h3-9,16-18H,2,10-15H2,1H3,(H,38,43). The van der Waals surface area contributed by atoms with Crippen LogP contribution in [0.15, 0.2) is 65.7 Å². The van der Waals surface area contributed by atoms with Crippen LogP contribution in [-0.2, 0) is 14.3 Å². The molecule has 14 heteroatoms. The van der Waals surface area contributed by atoms with Crippen molar-refractivity contribution in [2.45, 2.75) is 31.7 Å². The van der Waals surface area contributed by atoms with Gasteiger partial charge in [0.25, 0.3) is 5.56 Å². The molecule has 2 heterocycles. The van der Waals surface area contributed by atoms with Gasteiger partial charge in [-0.25, -0.2) is 14.2 Å². The highest BCUT2D eigenvalue weighted by Crippen LogP contribution is 2.44. The summed E-state index contributed by atoms with van der Waals surface area (Å²) >= 11 is 0. The Kier molecular flexibility index (Phi) is 8.25. The van der Waals surface area contributed by atoms with Crippen molar-refractivity contribution >= 4 is 28.5 Å². The van der Waals surface area contributed by atoms with E-state index in [1.54, 1.807) is 6.92 Å². The summed E-state index contributed by atoms with van der Waals surface area (Å²) in [6.07, 6.45) is -2.76. The molecule has 0 unspecified atom stereocenters. The summed E-state index contributed by atoms with van der Waals surface area (Å²) in [5, 5.41) is 2.74. The fraction of sp³-hybridized carbons (Fsp3) is 0.312. The number of morpholine rings is 1. The lowest BCUT2D eigenvalue weighted by atomic mass is 10.0. The lowest BCUT2D eigenvalue weighted by molar-refractivity contribution is -0.274. The fourth-order valence-electron chi connectivity index (χ4n) is 5.61. The minimum atomic E-state index is -5.03. The summed E-state index contributed by atoms with van der Waals surface area (Å²) in [7, 11) is 0. The molecule has 1 aliphatic carbocycles. The summed E-state index contributed by atoms with van der Waals surface area (Å²) in [5.74, 6) is -2.71. The molecule has 2 fully saturated rings. The van der Waals surface area contributed by atoms with Crippen LogP contribution in [0, 0.1) is 5.82 Å². The zero-order valence-electron chi connectivity index (χ0n) is 24.5. The van der Waals surface area contributed by atoms with Crippen LogP contribution < -0.4 is 15.6 Å². The van der Waals surface area contributed by atoms with E-state index in [9.17, 15) is 27.6 Å². The summed E-state index contributed by atoms with van der Waals surface area (Å²) < 4.78 is 70.6. The number of carbonyl (C=O) groups is 2. The highest BCUT2D eigenvalue weighted by molar-refractivity contribution is 6.01. The van der Waals surface area contributed by atoms with E-state index in [2.05, 4.69) is 15.0 Å². The number of amides is 1. The lowest BCUT2D eigenvalue weighted by Gasteiger charge is -2.34. The molecular weight excluding hydrogens is 612 g/mol. The Morgan fingerprint density at radius 2 is 1.83 bits per heavy atom. The first-order chi connectivity index (χ1) is 22.0. The summed E-state index contributed by atoms with van der Waals surface area (Å²) in [5.41, 5.74) is -1.13. The number of esters is 1. The van der Waals surface area contributed by atoms with Gasteiger partial charge in [0.2, 0.25) is 5.91 Å². The molecule has 1 aliphatic heterocycles. The van der Waals surface area contributed by atoms with E-state index < -0.39 is 40.9 Å². The molecule has 0 atom stereocenters. The van der Waals surface area contributed by atoms with Gasteiger partial charge >= 0.3 is 12.3 Å². The van der Waals surface area contributed by atoms with Crippen LogP contribution in [0.5, 0.6) is 5.75 Å². The normalized spacial score (nSPS) is 16.2. The van der Waals surface area contributed by atoms with E-state index >= 15 is 4.39 Å². The number of fused-ring (bicyclic) bond motifs is 1. The predicted molar refractivity (Wildman–Crippen MR) is 158 cm³/mol. The van der Waals surface area contributed by atoms with Crippen molar-refractivity contribution in [2.75, 3.05) is 38.2 Å². The van der Waals surface area contributed by atoms with Crippen molar-refractivity contribution in [2.24, 2.45) is 0 Å². The Bertz CT molecular complexity index is 1880. The average Bonchev–Trinajstić information content (AvgIpc) is 3.85. The summed E-state index contributed by atoms with van der Waals surface area (Å²) in [4.78, 5) is 45.4. The molecule has 0 bridgehead atoms. The van der Waals surface area contributed by atoms with Crippen LogP contribution in [0.1, 0.15) is 30.1 Å². The van der Waals surface area contributed by atoms with Gasteiger partial charge in [0.05, 0.1) is 47.7 Å². The third kappa shape index (κ3) is 6.05. The molecule has 10 nitrogen and oxygen atoms in total. The molecule has 4 aromatic rings. The number of hydrogen-bond acceptors (Lipinski definition) is 8. The number of rotatable bonds is 8. The number of hydrogen-bond donors (Lipinski definition) is 1. The maximum Gasteiger partial charge on any atom is 0.573 e. The van der Waals surface area contributed by atoms with Gasteiger partial charge in [0.15, 0.2) is 5.75 Å². The molecule has 46 heavy (non-hydrogen) atoms. The zero-order valence-corrected chi connectivity index (χ0v) is 24.5. The lowest BCUT2D eigenvalue weighted by Crippen LogP contribution is -2.51. The third-order valence-corrected chi connectivity index (χ3v) is 8.04. The van der Waals surface area contributed by atoms with Crippen LogP contribution in [0.2, 0.25) is 0 Å². The number of aromatic nitrogens is 2. The first-order valence-corrected chi connectivity index (χ1v) is 14.5.